The third-order valence-corrected chi connectivity index (χ3v) is 3.39. The van der Waals surface area contributed by atoms with Crippen molar-refractivity contribution in [1.29, 1.82) is 0 Å². The van der Waals surface area contributed by atoms with Crippen LogP contribution in [-0.4, -0.2) is 79.0 Å². The zero-order valence-corrected chi connectivity index (χ0v) is 11.6. The van der Waals surface area contributed by atoms with Gasteiger partial charge in [0.25, 0.3) is 0 Å². The minimum atomic E-state index is -1.81. The first kappa shape index (κ1) is 17.2. The zero-order chi connectivity index (χ0) is 17.3. The van der Waals surface area contributed by atoms with Crippen LogP contribution in [0.5, 0.6) is 17.2 Å². The Morgan fingerprint density at radius 1 is 1.09 bits per heavy atom. The predicted octanol–water partition coefficient (Wildman–Crippen LogP) is -2.24. The highest BCUT2D eigenvalue weighted by molar-refractivity contribution is 5.91. The number of aromatic hydroxyl groups is 3. The van der Waals surface area contributed by atoms with E-state index in [1.807, 2.05) is 0 Å². The van der Waals surface area contributed by atoms with Gasteiger partial charge in [-0.2, -0.15) is 0 Å². The molecule has 7 N–H and O–H groups in total. The lowest BCUT2D eigenvalue weighted by Gasteiger charge is -2.39. The summed E-state index contributed by atoms with van der Waals surface area (Å²) in [6.07, 6.45) is -8.08. The maximum absolute atomic E-state index is 11.9. The highest BCUT2D eigenvalue weighted by atomic mass is 16.7. The highest BCUT2D eigenvalue weighted by Gasteiger charge is 2.46. The van der Waals surface area contributed by atoms with E-state index in [2.05, 4.69) is 0 Å². The molecule has 0 radical (unpaired) electrons. The summed E-state index contributed by atoms with van der Waals surface area (Å²) in [5.74, 6) is -3.56. The van der Waals surface area contributed by atoms with E-state index in [0.717, 1.165) is 12.1 Å². The third-order valence-electron chi connectivity index (χ3n) is 3.39. The fourth-order valence-corrected chi connectivity index (χ4v) is 2.11. The first-order chi connectivity index (χ1) is 10.8. The van der Waals surface area contributed by atoms with Crippen LogP contribution >= 0.6 is 0 Å². The van der Waals surface area contributed by atoms with Gasteiger partial charge in [0.2, 0.25) is 0 Å². The Balaban J connectivity index is 2.16. The molecule has 5 atom stereocenters. The summed E-state index contributed by atoms with van der Waals surface area (Å²) in [5, 5.41) is 66.0. The Hall–Kier alpha value is -2.11. The molecule has 1 fully saturated rings. The van der Waals surface area contributed by atoms with Crippen molar-refractivity contribution >= 4 is 5.97 Å². The molecule has 1 aromatic carbocycles. The summed E-state index contributed by atoms with van der Waals surface area (Å²) in [6, 6.07) is 1.60. The molecule has 0 bridgehead atoms. The lowest BCUT2D eigenvalue weighted by molar-refractivity contribution is -0.285. The van der Waals surface area contributed by atoms with E-state index in [0.29, 0.717) is 0 Å². The topological polar surface area (TPSA) is 177 Å². The van der Waals surface area contributed by atoms with E-state index in [1.165, 1.54) is 0 Å². The number of carbonyl (C=O) groups excluding carboxylic acids is 1. The number of rotatable bonds is 3. The molecular formula is C13H16O10. The molecule has 10 nitrogen and oxygen atoms in total. The number of benzene rings is 1. The maximum Gasteiger partial charge on any atom is 0.338 e. The van der Waals surface area contributed by atoms with Crippen molar-refractivity contribution in [2.45, 2.75) is 30.7 Å². The highest BCUT2D eigenvalue weighted by Crippen LogP contribution is 2.35. The molecule has 1 saturated heterocycles. The van der Waals surface area contributed by atoms with Crippen molar-refractivity contribution in [3.05, 3.63) is 17.7 Å². The average Bonchev–Trinajstić information content (AvgIpc) is 2.51. The molecule has 1 unspecified atom stereocenters. The van der Waals surface area contributed by atoms with Crippen LogP contribution in [0.15, 0.2) is 12.1 Å². The van der Waals surface area contributed by atoms with Crippen molar-refractivity contribution < 1.29 is 50.0 Å². The average molecular weight is 332 g/mol. The largest absolute Gasteiger partial charge is 0.504 e. The first-order valence-electron chi connectivity index (χ1n) is 6.52. The van der Waals surface area contributed by atoms with Crippen LogP contribution in [0.1, 0.15) is 10.4 Å². The molecule has 1 aliphatic rings. The molecule has 10 heteroatoms. The first-order valence-corrected chi connectivity index (χ1v) is 6.52. The summed E-state index contributed by atoms with van der Waals surface area (Å²) >= 11 is 0. The molecule has 0 aromatic heterocycles. The van der Waals surface area contributed by atoms with E-state index in [9.17, 15) is 35.4 Å². The number of hydrogen-bond donors (Lipinski definition) is 7. The summed E-state index contributed by atoms with van der Waals surface area (Å²) < 4.78 is 9.62. The summed E-state index contributed by atoms with van der Waals surface area (Å²) in [4.78, 5) is 11.9. The number of phenols is 3. The molecule has 0 aliphatic carbocycles. The fourth-order valence-electron chi connectivity index (χ4n) is 2.11. The Morgan fingerprint density at radius 3 is 2.17 bits per heavy atom. The van der Waals surface area contributed by atoms with Crippen molar-refractivity contribution in [2.24, 2.45) is 0 Å². The monoisotopic (exact) mass is 332 g/mol. The van der Waals surface area contributed by atoms with E-state index in [1.54, 1.807) is 0 Å². The van der Waals surface area contributed by atoms with E-state index >= 15 is 0 Å². The molecule has 1 aliphatic heterocycles. The van der Waals surface area contributed by atoms with Gasteiger partial charge >= 0.3 is 5.97 Å². The van der Waals surface area contributed by atoms with Gasteiger partial charge in [-0.25, -0.2) is 4.79 Å². The minimum absolute atomic E-state index is 0.379. The predicted molar refractivity (Wildman–Crippen MR) is 70.6 cm³/mol. The smallest absolute Gasteiger partial charge is 0.338 e. The molecule has 2 rings (SSSR count). The van der Waals surface area contributed by atoms with E-state index in [4.69, 9.17) is 14.6 Å². The van der Waals surface area contributed by atoms with Crippen LogP contribution in [0.4, 0.5) is 0 Å². The van der Waals surface area contributed by atoms with Gasteiger partial charge in [0.15, 0.2) is 29.6 Å². The second-order valence-corrected chi connectivity index (χ2v) is 4.96. The van der Waals surface area contributed by atoms with Crippen LogP contribution in [0.2, 0.25) is 0 Å². The molecule has 0 amide bonds. The summed E-state index contributed by atoms with van der Waals surface area (Å²) in [7, 11) is 0. The SMILES string of the molecule is O=C(O[C@H]1C(O)O[C@H](CO)[C@@H](O)[C@@H]1O)c1cc(O)c(O)c(O)c1. The van der Waals surface area contributed by atoms with Gasteiger partial charge < -0.3 is 45.2 Å². The second kappa shape index (κ2) is 6.56. The lowest BCUT2D eigenvalue weighted by atomic mass is 9.99. The van der Waals surface area contributed by atoms with Crippen LogP contribution in [0.25, 0.3) is 0 Å². The number of esters is 1. The number of aliphatic hydroxyl groups is 4. The van der Waals surface area contributed by atoms with Gasteiger partial charge in [-0.05, 0) is 12.1 Å². The van der Waals surface area contributed by atoms with Gasteiger partial charge in [-0.3, -0.25) is 0 Å². The van der Waals surface area contributed by atoms with Gasteiger partial charge in [0.1, 0.15) is 18.3 Å². The lowest BCUT2D eigenvalue weighted by Crippen LogP contribution is -2.59. The maximum atomic E-state index is 11.9. The number of phenolic OH excluding ortho intramolecular Hbond substituents is 3. The number of hydrogen-bond acceptors (Lipinski definition) is 10. The van der Waals surface area contributed by atoms with Crippen LogP contribution in [0.3, 0.4) is 0 Å². The van der Waals surface area contributed by atoms with Crippen LogP contribution < -0.4 is 0 Å². The van der Waals surface area contributed by atoms with E-state index < -0.39 is 60.5 Å². The van der Waals surface area contributed by atoms with Gasteiger partial charge in [0.05, 0.1) is 12.2 Å². The third kappa shape index (κ3) is 3.30. The Bertz CT molecular complexity index is 565. The quantitative estimate of drug-likeness (QED) is 0.236. The number of carbonyl (C=O) groups is 1. The normalized spacial score (nSPS) is 30.9. The van der Waals surface area contributed by atoms with Gasteiger partial charge in [-0.1, -0.05) is 0 Å². The molecule has 0 saturated carbocycles. The van der Waals surface area contributed by atoms with Crippen molar-refractivity contribution in [3.63, 3.8) is 0 Å². The summed E-state index contributed by atoms with van der Waals surface area (Å²) in [6.45, 7) is -0.671. The molecule has 23 heavy (non-hydrogen) atoms. The molecule has 128 valence electrons. The molecular weight excluding hydrogens is 316 g/mol. The fraction of sp³-hybridized carbons (Fsp3) is 0.462. The molecule has 0 spiro atoms. The van der Waals surface area contributed by atoms with Gasteiger partial charge in [0, 0.05) is 0 Å². The number of ether oxygens (including phenoxy) is 2. The van der Waals surface area contributed by atoms with Crippen molar-refractivity contribution in [3.8, 4) is 17.2 Å². The van der Waals surface area contributed by atoms with Crippen LogP contribution in [-0.2, 0) is 9.47 Å². The van der Waals surface area contributed by atoms with Crippen LogP contribution in [0, 0.1) is 0 Å². The second-order valence-electron chi connectivity index (χ2n) is 4.96. The van der Waals surface area contributed by atoms with Gasteiger partial charge in [-0.15, -0.1) is 0 Å². The minimum Gasteiger partial charge on any atom is -0.504 e. The van der Waals surface area contributed by atoms with E-state index in [-0.39, 0.29) is 5.56 Å². The number of aliphatic hydroxyl groups excluding tert-OH is 4. The zero-order valence-electron chi connectivity index (χ0n) is 11.6. The molecule has 1 heterocycles. The Kier molecular flexibility index (Phi) is 4.92. The Morgan fingerprint density at radius 2 is 1.65 bits per heavy atom. The summed E-state index contributed by atoms with van der Waals surface area (Å²) in [5.41, 5.74) is -0.379. The molecule has 1 aromatic rings. The standard InChI is InChI=1S/C13H16O10/c14-3-7-9(18)10(19)11(13(21)22-7)23-12(20)4-1-5(15)8(17)6(16)2-4/h1-2,7,9-11,13-19,21H,3H2/t7-,9-,10+,11-,13?/m1/s1. The van der Waals surface area contributed by atoms with Crippen molar-refractivity contribution in [2.75, 3.05) is 6.61 Å². The Labute approximate surface area is 129 Å². The van der Waals surface area contributed by atoms with Crippen molar-refractivity contribution in [1.82, 2.24) is 0 Å².